The summed E-state index contributed by atoms with van der Waals surface area (Å²) in [5.74, 6) is 5.79. The van der Waals surface area contributed by atoms with Gasteiger partial charge >= 0.3 is 6.18 Å². The van der Waals surface area contributed by atoms with Gasteiger partial charge in [-0.15, -0.1) is 0 Å². The first-order valence-corrected chi connectivity index (χ1v) is 6.62. The number of alkyl halides is 3. The molecule has 0 radical (unpaired) electrons. The molecule has 0 atom stereocenters. The van der Waals surface area contributed by atoms with Gasteiger partial charge in [-0.25, -0.2) is 9.97 Å². The van der Waals surface area contributed by atoms with Crippen molar-refractivity contribution in [1.29, 1.82) is 0 Å². The molecule has 0 aliphatic heterocycles. The number of halogens is 4. The molecular weight excluding hydrogens is 333 g/mol. The lowest BCUT2D eigenvalue weighted by atomic mass is 10.2. The lowest BCUT2D eigenvalue weighted by molar-refractivity contribution is -0.137. The van der Waals surface area contributed by atoms with E-state index in [1.807, 2.05) is 0 Å². The molecule has 0 aliphatic rings. The highest BCUT2D eigenvalue weighted by Gasteiger charge is 2.30. The summed E-state index contributed by atoms with van der Waals surface area (Å²) in [6, 6.07) is 3.65. The lowest BCUT2D eigenvalue weighted by Crippen LogP contribution is -2.05. The normalized spacial score (nSPS) is 10.7. The Bertz CT molecular complexity index is 737. The second-order valence-corrected chi connectivity index (χ2v) is 4.62. The topological polar surface area (TPSA) is 44.2 Å². The van der Waals surface area contributed by atoms with Gasteiger partial charge < -0.3 is 9.47 Å². The molecule has 0 N–H and O–H groups in total. The maximum Gasteiger partial charge on any atom is 0.417 e. The van der Waals surface area contributed by atoms with Crippen molar-refractivity contribution < 1.29 is 22.6 Å². The highest BCUT2D eigenvalue weighted by molar-refractivity contribution is 6.30. The average molecular weight is 343 g/mol. The van der Waals surface area contributed by atoms with E-state index in [2.05, 4.69) is 21.8 Å². The van der Waals surface area contributed by atoms with Crippen molar-refractivity contribution in [3.63, 3.8) is 0 Å². The Labute approximate surface area is 135 Å². The number of methoxy groups -OCH3 is 1. The van der Waals surface area contributed by atoms with Crippen LogP contribution in [0.1, 0.15) is 11.3 Å². The zero-order chi connectivity index (χ0) is 16.9. The Balaban J connectivity index is 1.99. The third-order valence-corrected chi connectivity index (χ3v) is 2.80. The summed E-state index contributed by atoms with van der Waals surface area (Å²) in [5.41, 5.74) is -0.618. The van der Waals surface area contributed by atoms with E-state index in [9.17, 15) is 13.2 Å². The number of hydrogen-bond donors (Lipinski definition) is 0. The van der Waals surface area contributed by atoms with Crippen LogP contribution in [0.2, 0.25) is 5.02 Å². The number of ether oxygens (including phenoxy) is 2. The molecule has 0 fully saturated rings. The van der Waals surface area contributed by atoms with E-state index in [0.29, 0.717) is 10.8 Å². The SMILES string of the molecule is COc1cc(Cl)cnc1OCC#Cc1ccc(C(F)(F)F)cn1. The Morgan fingerprint density at radius 3 is 2.61 bits per heavy atom. The van der Waals surface area contributed by atoms with Gasteiger partial charge in [-0.2, -0.15) is 13.2 Å². The van der Waals surface area contributed by atoms with Crippen LogP contribution >= 0.6 is 11.6 Å². The van der Waals surface area contributed by atoms with E-state index in [0.717, 1.165) is 12.3 Å². The van der Waals surface area contributed by atoms with Gasteiger partial charge in [0.25, 0.3) is 5.88 Å². The molecule has 23 heavy (non-hydrogen) atoms. The number of nitrogens with zero attached hydrogens (tertiary/aromatic N) is 2. The molecule has 2 aromatic rings. The third kappa shape index (κ3) is 4.76. The Kier molecular flexibility index (Phi) is 5.29. The summed E-state index contributed by atoms with van der Waals surface area (Å²) in [7, 11) is 1.44. The van der Waals surface area contributed by atoms with Crippen molar-refractivity contribution in [2.45, 2.75) is 6.18 Å². The fraction of sp³-hybridized carbons (Fsp3) is 0.200. The van der Waals surface area contributed by atoms with Crippen LogP contribution in [0, 0.1) is 11.8 Å². The van der Waals surface area contributed by atoms with Gasteiger partial charge in [0.05, 0.1) is 17.7 Å². The molecular formula is C15H10ClF3N2O2. The number of hydrogen-bond acceptors (Lipinski definition) is 4. The monoisotopic (exact) mass is 342 g/mol. The summed E-state index contributed by atoms with van der Waals surface area (Å²) < 4.78 is 47.5. The van der Waals surface area contributed by atoms with Crippen LogP contribution in [0.15, 0.2) is 30.6 Å². The van der Waals surface area contributed by atoms with Gasteiger partial charge in [0.1, 0.15) is 5.69 Å². The molecule has 8 heteroatoms. The Morgan fingerprint density at radius 2 is 2.00 bits per heavy atom. The summed E-state index contributed by atoms with van der Waals surface area (Å²) in [6.07, 6.45) is -2.29. The van der Waals surface area contributed by atoms with E-state index in [-0.39, 0.29) is 18.2 Å². The van der Waals surface area contributed by atoms with Crippen molar-refractivity contribution in [3.05, 3.63) is 46.9 Å². The molecule has 2 rings (SSSR count). The van der Waals surface area contributed by atoms with Crippen LogP contribution in [0.5, 0.6) is 11.6 Å². The maximum atomic E-state index is 12.4. The van der Waals surface area contributed by atoms with Gasteiger partial charge in [-0.1, -0.05) is 17.5 Å². The predicted octanol–water partition coefficient (Wildman–Crippen LogP) is 3.59. The second-order valence-electron chi connectivity index (χ2n) is 4.18. The molecule has 0 spiro atoms. The van der Waals surface area contributed by atoms with Gasteiger partial charge in [-0.3, -0.25) is 0 Å². The van der Waals surface area contributed by atoms with E-state index >= 15 is 0 Å². The molecule has 120 valence electrons. The molecule has 2 heterocycles. The van der Waals surface area contributed by atoms with Crippen LogP contribution < -0.4 is 9.47 Å². The zero-order valence-electron chi connectivity index (χ0n) is 11.8. The minimum atomic E-state index is -4.42. The van der Waals surface area contributed by atoms with Crippen molar-refractivity contribution in [3.8, 4) is 23.5 Å². The van der Waals surface area contributed by atoms with Crippen LogP contribution in [-0.4, -0.2) is 23.7 Å². The van der Waals surface area contributed by atoms with E-state index in [1.165, 1.54) is 25.4 Å². The molecule has 0 saturated carbocycles. The molecule has 0 aliphatic carbocycles. The van der Waals surface area contributed by atoms with Crippen LogP contribution in [-0.2, 0) is 6.18 Å². The molecule has 0 saturated heterocycles. The quantitative estimate of drug-likeness (QED) is 0.800. The van der Waals surface area contributed by atoms with Gasteiger partial charge in [-0.05, 0) is 18.1 Å². The van der Waals surface area contributed by atoms with E-state index in [1.54, 1.807) is 0 Å². The van der Waals surface area contributed by atoms with Crippen LogP contribution in [0.25, 0.3) is 0 Å². The number of rotatable bonds is 3. The first-order valence-electron chi connectivity index (χ1n) is 6.24. The average Bonchev–Trinajstić information content (AvgIpc) is 2.52. The molecule has 2 aromatic heterocycles. The van der Waals surface area contributed by atoms with E-state index < -0.39 is 11.7 Å². The Hall–Kier alpha value is -2.46. The summed E-state index contributed by atoms with van der Waals surface area (Å²) in [4.78, 5) is 7.57. The molecule has 0 unspecified atom stereocenters. The molecule has 0 bridgehead atoms. The maximum absolute atomic E-state index is 12.4. The fourth-order valence-electron chi connectivity index (χ4n) is 1.53. The lowest BCUT2D eigenvalue weighted by Gasteiger charge is -2.06. The number of pyridine rings is 2. The van der Waals surface area contributed by atoms with Crippen LogP contribution in [0.3, 0.4) is 0 Å². The zero-order valence-corrected chi connectivity index (χ0v) is 12.6. The summed E-state index contributed by atoms with van der Waals surface area (Å²) >= 11 is 5.77. The standard InChI is InChI=1S/C15H10ClF3N2O2/c1-22-13-7-11(16)9-21-14(13)23-6-2-3-12-5-4-10(8-20-12)15(17,18)19/h4-5,7-9H,6H2,1H3. The van der Waals surface area contributed by atoms with Crippen molar-refractivity contribution in [2.75, 3.05) is 13.7 Å². The summed E-state index contributed by atoms with van der Waals surface area (Å²) in [5, 5.41) is 0.397. The fourth-order valence-corrected chi connectivity index (χ4v) is 1.68. The van der Waals surface area contributed by atoms with Crippen molar-refractivity contribution in [2.24, 2.45) is 0 Å². The van der Waals surface area contributed by atoms with Crippen molar-refractivity contribution in [1.82, 2.24) is 9.97 Å². The van der Waals surface area contributed by atoms with Gasteiger partial charge in [0, 0.05) is 18.5 Å². The van der Waals surface area contributed by atoms with Gasteiger partial charge in [0.2, 0.25) is 0 Å². The minimum absolute atomic E-state index is 0.0340. The van der Waals surface area contributed by atoms with Gasteiger partial charge in [0.15, 0.2) is 12.4 Å². The third-order valence-electron chi connectivity index (χ3n) is 2.59. The molecule has 0 aromatic carbocycles. The summed E-state index contributed by atoms with van der Waals surface area (Å²) in [6.45, 7) is -0.0340. The highest BCUT2D eigenvalue weighted by Crippen LogP contribution is 2.28. The van der Waals surface area contributed by atoms with Crippen LogP contribution in [0.4, 0.5) is 13.2 Å². The second kappa shape index (κ2) is 7.20. The largest absolute Gasteiger partial charge is 0.491 e. The first kappa shape index (κ1) is 16.9. The smallest absolute Gasteiger partial charge is 0.417 e. The molecule has 4 nitrogen and oxygen atoms in total. The van der Waals surface area contributed by atoms with E-state index in [4.69, 9.17) is 21.1 Å². The number of aromatic nitrogens is 2. The highest BCUT2D eigenvalue weighted by atomic mass is 35.5. The predicted molar refractivity (Wildman–Crippen MR) is 77.4 cm³/mol. The minimum Gasteiger partial charge on any atom is -0.491 e. The Morgan fingerprint density at radius 1 is 1.22 bits per heavy atom. The first-order chi connectivity index (χ1) is 10.9. The molecule has 0 amide bonds. The van der Waals surface area contributed by atoms with Crippen molar-refractivity contribution >= 4 is 11.6 Å².